The summed E-state index contributed by atoms with van der Waals surface area (Å²) in [4.78, 5) is 8.78. The molecular formula is C15H15N3O. The average molecular weight is 253 g/mol. The van der Waals surface area contributed by atoms with Crippen molar-refractivity contribution < 1.29 is 4.42 Å². The minimum Gasteiger partial charge on any atom is -0.444 e. The maximum atomic E-state index is 5.50. The number of fused-ring (bicyclic) bond motifs is 1. The van der Waals surface area contributed by atoms with E-state index in [9.17, 15) is 0 Å². The van der Waals surface area contributed by atoms with Crippen LogP contribution in [-0.2, 0) is 0 Å². The summed E-state index contributed by atoms with van der Waals surface area (Å²) in [6.45, 7) is 3.89. The van der Waals surface area contributed by atoms with Crippen LogP contribution < -0.4 is 5.32 Å². The third-order valence-corrected chi connectivity index (χ3v) is 2.97. The number of aromatic nitrogens is 2. The van der Waals surface area contributed by atoms with Gasteiger partial charge in [-0.25, -0.2) is 9.97 Å². The van der Waals surface area contributed by atoms with Gasteiger partial charge in [-0.1, -0.05) is 18.2 Å². The molecule has 2 aromatic heterocycles. The number of hydrogen-bond donors (Lipinski definition) is 1. The van der Waals surface area contributed by atoms with Crippen LogP contribution in [0, 0.1) is 6.92 Å². The van der Waals surface area contributed by atoms with Gasteiger partial charge in [0.05, 0.1) is 11.7 Å². The van der Waals surface area contributed by atoms with Crippen molar-refractivity contribution in [2.75, 3.05) is 5.32 Å². The van der Waals surface area contributed by atoms with Crippen LogP contribution in [0.1, 0.15) is 24.6 Å². The van der Waals surface area contributed by atoms with Crippen molar-refractivity contribution >= 4 is 16.7 Å². The van der Waals surface area contributed by atoms with E-state index in [0.29, 0.717) is 5.89 Å². The second-order valence-electron chi connectivity index (χ2n) is 4.56. The molecule has 1 N–H and O–H groups in total. The van der Waals surface area contributed by atoms with Crippen molar-refractivity contribution in [2.24, 2.45) is 0 Å². The number of nitrogens with zero attached hydrogens (tertiary/aromatic N) is 2. The lowest BCUT2D eigenvalue weighted by atomic mass is 10.2. The highest BCUT2D eigenvalue weighted by atomic mass is 16.4. The number of nitrogens with one attached hydrogen (secondary N) is 1. The van der Waals surface area contributed by atoms with Crippen molar-refractivity contribution in [1.29, 1.82) is 0 Å². The minimum atomic E-state index is -0.0117. The first-order valence-electron chi connectivity index (χ1n) is 6.27. The first kappa shape index (κ1) is 11.7. The number of para-hydroxylation sites is 1. The lowest BCUT2D eigenvalue weighted by molar-refractivity contribution is 0.453. The second-order valence-corrected chi connectivity index (χ2v) is 4.56. The monoisotopic (exact) mass is 253 g/mol. The van der Waals surface area contributed by atoms with Gasteiger partial charge in [0.25, 0.3) is 0 Å². The van der Waals surface area contributed by atoms with Gasteiger partial charge in [-0.2, -0.15) is 0 Å². The Kier molecular flexibility index (Phi) is 2.91. The summed E-state index contributed by atoms with van der Waals surface area (Å²) in [5.74, 6) is 2.31. The Morgan fingerprint density at radius 1 is 1.16 bits per heavy atom. The molecule has 96 valence electrons. The van der Waals surface area contributed by atoms with Crippen molar-refractivity contribution in [2.45, 2.75) is 19.9 Å². The maximum Gasteiger partial charge on any atom is 0.216 e. The predicted molar refractivity (Wildman–Crippen MR) is 75.0 cm³/mol. The third-order valence-electron chi connectivity index (χ3n) is 2.97. The molecule has 0 aliphatic rings. The van der Waals surface area contributed by atoms with Crippen LogP contribution in [0.5, 0.6) is 0 Å². The lowest BCUT2D eigenvalue weighted by Crippen LogP contribution is -2.08. The minimum absolute atomic E-state index is 0.0117. The van der Waals surface area contributed by atoms with Crippen LogP contribution >= 0.6 is 0 Å². The number of aryl methyl sites for hydroxylation is 1. The molecule has 0 radical (unpaired) electrons. The average Bonchev–Trinajstić information content (AvgIpc) is 2.85. The standard InChI is InChI=1S/C15H15N3O/c1-10-9-16-15(19-10)11(2)17-14-8-7-12-5-3-4-6-13(12)18-14/h3-9,11H,1-2H3,(H,17,18). The van der Waals surface area contributed by atoms with Crippen molar-refractivity contribution in [3.05, 3.63) is 54.2 Å². The van der Waals surface area contributed by atoms with Gasteiger partial charge in [-0.05, 0) is 32.0 Å². The van der Waals surface area contributed by atoms with E-state index in [1.807, 2.05) is 44.2 Å². The molecule has 1 aromatic carbocycles. The molecule has 19 heavy (non-hydrogen) atoms. The van der Waals surface area contributed by atoms with E-state index in [1.165, 1.54) is 0 Å². The largest absolute Gasteiger partial charge is 0.444 e. The Morgan fingerprint density at radius 2 is 2.00 bits per heavy atom. The van der Waals surface area contributed by atoms with Gasteiger partial charge in [0.1, 0.15) is 17.6 Å². The summed E-state index contributed by atoms with van der Waals surface area (Å²) >= 11 is 0. The number of rotatable bonds is 3. The summed E-state index contributed by atoms with van der Waals surface area (Å²) < 4.78 is 5.50. The van der Waals surface area contributed by atoms with Gasteiger partial charge < -0.3 is 9.73 Å². The third kappa shape index (κ3) is 2.42. The summed E-state index contributed by atoms with van der Waals surface area (Å²) in [7, 11) is 0. The molecule has 0 aliphatic carbocycles. The molecule has 1 atom stereocenters. The topological polar surface area (TPSA) is 51.0 Å². The van der Waals surface area contributed by atoms with Gasteiger partial charge >= 0.3 is 0 Å². The Balaban J connectivity index is 1.84. The zero-order chi connectivity index (χ0) is 13.2. The van der Waals surface area contributed by atoms with Crippen LogP contribution in [0.25, 0.3) is 10.9 Å². The van der Waals surface area contributed by atoms with Gasteiger partial charge in [-0.15, -0.1) is 0 Å². The van der Waals surface area contributed by atoms with E-state index in [2.05, 4.69) is 21.4 Å². The van der Waals surface area contributed by atoms with Crippen LogP contribution in [0.3, 0.4) is 0 Å². The number of oxazole rings is 1. The fourth-order valence-corrected chi connectivity index (χ4v) is 2.00. The summed E-state index contributed by atoms with van der Waals surface area (Å²) in [6.07, 6.45) is 1.72. The van der Waals surface area contributed by atoms with Gasteiger partial charge in [0.15, 0.2) is 0 Å². The smallest absolute Gasteiger partial charge is 0.216 e. The molecule has 2 heterocycles. The van der Waals surface area contributed by atoms with Crippen LogP contribution in [0.15, 0.2) is 47.0 Å². The van der Waals surface area contributed by atoms with Crippen LogP contribution in [0.4, 0.5) is 5.82 Å². The number of benzene rings is 1. The predicted octanol–water partition coefficient (Wildman–Crippen LogP) is 3.70. The Bertz CT molecular complexity index is 705. The zero-order valence-corrected chi connectivity index (χ0v) is 10.9. The Labute approximate surface area is 111 Å². The van der Waals surface area contributed by atoms with Gasteiger partial charge in [0.2, 0.25) is 5.89 Å². The molecule has 0 fully saturated rings. The van der Waals surface area contributed by atoms with Crippen LogP contribution in [0.2, 0.25) is 0 Å². The first-order chi connectivity index (χ1) is 9.22. The molecule has 0 aliphatic heterocycles. The molecule has 4 nitrogen and oxygen atoms in total. The zero-order valence-electron chi connectivity index (χ0n) is 10.9. The summed E-state index contributed by atoms with van der Waals surface area (Å²) in [6, 6.07) is 12.1. The maximum absolute atomic E-state index is 5.50. The molecule has 3 rings (SSSR count). The highest BCUT2D eigenvalue weighted by Crippen LogP contribution is 2.20. The highest BCUT2D eigenvalue weighted by molar-refractivity contribution is 5.80. The van der Waals surface area contributed by atoms with Crippen molar-refractivity contribution in [3.8, 4) is 0 Å². The summed E-state index contributed by atoms with van der Waals surface area (Å²) in [5, 5.41) is 4.43. The van der Waals surface area contributed by atoms with E-state index in [1.54, 1.807) is 6.20 Å². The van der Waals surface area contributed by atoms with E-state index in [4.69, 9.17) is 4.42 Å². The normalized spacial score (nSPS) is 12.5. The van der Waals surface area contributed by atoms with Crippen molar-refractivity contribution in [3.63, 3.8) is 0 Å². The van der Waals surface area contributed by atoms with Gasteiger partial charge in [-0.3, -0.25) is 0 Å². The van der Waals surface area contributed by atoms with Crippen molar-refractivity contribution in [1.82, 2.24) is 9.97 Å². The molecule has 0 saturated carbocycles. The van der Waals surface area contributed by atoms with Crippen LogP contribution in [-0.4, -0.2) is 9.97 Å². The fraction of sp³-hybridized carbons (Fsp3) is 0.200. The quantitative estimate of drug-likeness (QED) is 0.773. The molecule has 3 aromatic rings. The number of pyridine rings is 1. The lowest BCUT2D eigenvalue weighted by Gasteiger charge is -2.11. The van der Waals surface area contributed by atoms with E-state index in [-0.39, 0.29) is 6.04 Å². The van der Waals surface area contributed by atoms with Gasteiger partial charge in [0, 0.05) is 5.39 Å². The van der Waals surface area contributed by atoms with E-state index >= 15 is 0 Å². The number of hydrogen-bond acceptors (Lipinski definition) is 4. The fourth-order valence-electron chi connectivity index (χ4n) is 2.00. The first-order valence-corrected chi connectivity index (χ1v) is 6.27. The molecule has 0 amide bonds. The SMILES string of the molecule is Cc1cnc(C(C)Nc2ccc3ccccc3n2)o1. The molecule has 4 heteroatoms. The summed E-state index contributed by atoms with van der Waals surface area (Å²) in [5.41, 5.74) is 0.975. The molecule has 0 saturated heterocycles. The second kappa shape index (κ2) is 4.72. The Morgan fingerprint density at radius 3 is 2.79 bits per heavy atom. The molecular weight excluding hydrogens is 238 g/mol. The Hall–Kier alpha value is -2.36. The molecule has 0 bridgehead atoms. The number of anilines is 1. The molecule has 0 spiro atoms. The van der Waals surface area contributed by atoms with E-state index in [0.717, 1.165) is 22.5 Å². The highest BCUT2D eigenvalue weighted by Gasteiger charge is 2.11. The molecule has 1 unspecified atom stereocenters. The van der Waals surface area contributed by atoms with E-state index < -0.39 is 0 Å².